The molecule has 0 radical (unpaired) electrons. The molecule has 2 heterocycles. The molecule has 9 heteroatoms. The summed E-state index contributed by atoms with van der Waals surface area (Å²) in [4.78, 5) is 17.4. The number of methoxy groups -OCH3 is 1. The molecule has 0 aliphatic carbocycles. The Morgan fingerprint density at radius 1 is 1.22 bits per heavy atom. The molecule has 1 N–H and O–H groups in total. The summed E-state index contributed by atoms with van der Waals surface area (Å²) in [5.41, 5.74) is 0.467. The van der Waals surface area contributed by atoms with Crippen molar-refractivity contribution in [1.29, 1.82) is 0 Å². The highest BCUT2D eigenvalue weighted by Gasteiger charge is 2.52. The molecule has 144 valence electrons. The minimum Gasteiger partial charge on any atom is -0.497 e. The first-order chi connectivity index (χ1) is 12.6. The number of rotatable bonds is 5. The average Bonchev–Trinajstić information content (AvgIpc) is 3.15. The van der Waals surface area contributed by atoms with E-state index < -0.39 is 24.4 Å². The lowest BCUT2D eigenvalue weighted by molar-refractivity contribution is 0.00578. The number of hydrogen-bond acceptors (Lipinski definition) is 6. The summed E-state index contributed by atoms with van der Waals surface area (Å²) in [7, 11) is 0.974. The molecule has 1 aromatic carbocycles. The van der Waals surface area contributed by atoms with Crippen LogP contribution in [0, 0.1) is 0 Å². The number of aromatic nitrogens is 1. The van der Waals surface area contributed by atoms with Crippen LogP contribution in [0.5, 0.6) is 5.75 Å². The number of anilines is 1. The summed E-state index contributed by atoms with van der Waals surface area (Å²) in [5, 5.41) is 11.8. The van der Waals surface area contributed by atoms with E-state index in [1.54, 1.807) is 24.6 Å². The summed E-state index contributed by atoms with van der Waals surface area (Å²) in [5.74, 6) is 0.720. The van der Waals surface area contributed by atoms with Crippen molar-refractivity contribution < 1.29 is 23.9 Å². The largest absolute Gasteiger partial charge is 0.515 e. The van der Waals surface area contributed by atoms with Gasteiger partial charge in [0, 0.05) is 5.38 Å². The Balaban J connectivity index is 1.79. The molecule has 1 aliphatic heterocycles. The smallest absolute Gasteiger partial charge is 0.497 e. The second-order valence-corrected chi connectivity index (χ2v) is 8.20. The maximum Gasteiger partial charge on any atom is 0.515 e. The van der Waals surface area contributed by atoms with E-state index in [0.29, 0.717) is 10.7 Å². The van der Waals surface area contributed by atoms with Gasteiger partial charge in [0.05, 0.1) is 30.4 Å². The van der Waals surface area contributed by atoms with Crippen LogP contribution in [0.3, 0.4) is 0 Å². The predicted molar refractivity (Wildman–Crippen MR) is 105 cm³/mol. The molecular formula is C18H23BN2O5S. The fourth-order valence-electron chi connectivity index (χ4n) is 2.60. The number of benzene rings is 1. The third-order valence-corrected chi connectivity index (χ3v) is 5.85. The molecule has 1 fully saturated rings. The van der Waals surface area contributed by atoms with Gasteiger partial charge in [-0.15, -0.1) is 11.3 Å². The van der Waals surface area contributed by atoms with Gasteiger partial charge >= 0.3 is 13.2 Å². The minimum absolute atomic E-state index is 0.190. The molecule has 3 rings (SSSR count). The zero-order valence-corrected chi connectivity index (χ0v) is 16.9. The van der Waals surface area contributed by atoms with Gasteiger partial charge in [-0.25, -0.2) is 14.7 Å². The SMILES string of the molecule is COc1ccc(CN(C(=O)O)c2nc(B3OC(C)(C)C(C)(C)O3)cs2)cc1. The van der Waals surface area contributed by atoms with Crippen LogP contribution in [0.4, 0.5) is 9.93 Å². The van der Waals surface area contributed by atoms with E-state index in [9.17, 15) is 9.90 Å². The van der Waals surface area contributed by atoms with Crippen LogP contribution in [-0.2, 0) is 15.9 Å². The highest BCUT2D eigenvalue weighted by Crippen LogP contribution is 2.36. The van der Waals surface area contributed by atoms with E-state index in [1.165, 1.54) is 16.2 Å². The lowest BCUT2D eigenvalue weighted by Gasteiger charge is -2.32. The highest BCUT2D eigenvalue weighted by molar-refractivity contribution is 7.14. The number of carboxylic acid groups (broad SMARTS) is 1. The highest BCUT2D eigenvalue weighted by atomic mass is 32.1. The van der Waals surface area contributed by atoms with E-state index in [4.69, 9.17) is 14.0 Å². The molecule has 7 nitrogen and oxygen atoms in total. The summed E-state index contributed by atoms with van der Waals surface area (Å²) in [6, 6.07) is 7.26. The molecule has 1 amide bonds. The van der Waals surface area contributed by atoms with Crippen molar-refractivity contribution in [2.75, 3.05) is 12.0 Å². The first-order valence-corrected chi connectivity index (χ1v) is 9.45. The number of amides is 1. The number of hydrogen-bond donors (Lipinski definition) is 1. The standard InChI is InChI=1S/C18H23BN2O5S/c1-17(2)18(3,4)26-19(25-17)14-11-27-15(20-14)21(16(22)23)10-12-6-8-13(24-5)9-7-12/h6-9,11H,10H2,1-5H3,(H,22,23). The van der Waals surface area contributed by atoms with Crippen LogP contribution in [0.15, 0.2) is 29.6 Å². The van der Waals surface area contributed by atoms with E-state index in [1.807, 2.05) is 39.8 Å². The normalized spacial score (nSPS) is 17.7. The van der Waals surface area contributed by atoms with Gasteiger partial charge in [0.25, 0.3) is 0 Å². The van der Waals surface area contributed by atoms with Gasteiger partial charge in [-0.1, -0.05) is 12.1 Å². The first-order valence-electron chi connectivity index (χ1n) is 8.57. The van der Waals surface area contributed by atoms with Crippen LogP contribution < -0.4 is 15.2 Å². The summed E-state index contributed by atoms with van der Waals surface area (Å²) >= 11 is 1.25. The molecule has 1 aliphatic rings. The van der Waals surface area contributed by atoms with Crippen molar-refractivity contribution in [2.45, 2.75) is 45.4 Å². The molecule has 0 unspecified atom stereocenters. The zero-order chi connectivity index (χ0) is 19.8. The maximum absolute atomic E-state index is 11.8. The van der Waals surface area contributed by atoms with Crippen molar-refractivity contribution in [3.8, 4) is 5.75 Å². The molecule has 27 heavy (non-hydrogen) atoms. The van der Waals surface area contributed by atoms with Crippen molar-refractivity contribution in [1.82, 2.24) is 4.98 Å². The first kappa shape index (κ1) is 19.7. The number of ether oxygens (including phenoxy) is 1. The van der Waals surface area contributed by atoms with Crippen LogP contribution in [0.2, 0.25) is 0 Å². The molecule has 2 aromatic rings. The predicted octanol–water partition coefficient (Wildman–Crippen LogP) is 3.14. The Bertz CT molecular complexity index is 805. The van der Waals surface area contributed by atoms with Gasteiger partial charge in [-0.05, 0) is 45.4 Å². The topological polar surface area (TPSA) is 81.1 Å². The van der Waals surface area contributed by atoms with Crippen molar-refractivity contribution in [3.63, 3.8) is 0 Å². The van der Waals surface area contributed by atoms with Gasteiger partial charge in [0.1, 0.15) is 5.75 Å². The summed E-state index contributed by atoms with van der Waals surface area (Å²) in [6.07, 6.45) is -1.07. The Hall–Kier alpha value is -2.10. The number of carbonyl (C=O) groups is 1. The number of nitrogens with zero attached hydrogens (tertiary/aromatic N) is 2. The summed E-state index contributed by atoms with van der Waals surface area (Å²) in [6.45, 7) is 8.05. The van der Waals surface area contributed by atoms with Crippen LogP contribution in [0.25, 0.3) is 0 Å². The lowest BCUT2D eigenvalue weighted by Crippen LogP contribution is -2.41. The van der Waals surface area contributed by atoms with Gasteiger partial charge in [0.2, 0.25) is 0 Å². The van der Waals surface area contributed by atoms with Crippen LogP contribution in [0.1, 0.15) is 33.3 Å². The fourth-order valence-corrected chi connectivity index (χ4v) is 3.42. The molecule has 0 bridgehead atoms. The second-order valence-electron chi connectivity index (χ2n) is 7.36. The fraction of sp³-hybridized carbons (Fsp3) is 0.444. The Morgan fingerprint density at radius 2 is 1.81 bits per heavy atom. The van der Waals surface area contributed by atoms with Gasteiger partial charge < -0.3 is 19.2 Å². The van der Waals surface area contributed by atoms with Gasteiger partial charge in [-0.2, -0.15) is 0 Å². The van der Waals surface area contributed by atoms with Gasteiger partial charge in [-0.3, -0.25) is 0 Å². The van der Waals surface area contributed by atoms with Gasteiger partial charge in [0.15, 0.2) is 5.13 Å². The number of thiazole rings is 1. The molecule has 0 saturated carbocycles. The van der Waals surface area contributed by atoms with Crippen molar-refractivity contribution in [2.24, 2.45) is 0 Å². The van der Waals surface area contributed by atoms with E-state index in [2.05, 4.69) is 4.98 Å². The summed E-state index contributed by atoms with van der Waals surface area (Å²) < 4.78 is 17.1. The molecular weight excluding hydrogens is 367 g/mol. The zero-order valence-electron chi connectivity index (χ0n) is 16.1. The second kappa shape index (κ2) is 7.14. The molecule has 0 spiro atoms. The van der Waals surface area contributed by atoms with E-state index >= 15 is 0 Å². The van der Waals surface area contributed by atoms with E-state index in [0.717, 1.165) is 11.3 Å². The Kier molecular flexibility index (Phi) is 5.20. The molecule has 0 atom stereocenters. The van der Waals surface area contributed by atoms with Crippen LogP contribution >= 0.6 is 11.3 Å². The lowest BCUT2D eigenvalue weighted by atomic mass is 9.86. The third kappa shape index (κ3) is 3.95. The quantitative estimate of drug-likeness (QED) is 0.791. The van der Waals surface area contributed by atoms with Crippen molar-refractivity contribution >= 4 is 35.3 Å². The average molecular weight is 390 g/mol. The maximum atomic E-state index is 11.8. The van der Waals surface area contributed by atoms with Crippen LogP contribution in [-0.4, -0.2) is 41.6 Å². The Labute approximate surface area is 163 Å². The monoisotopic (exact) mass is 390 g/mol. The van der Waals surface area contributed by atoms with Crippen molar-refractivity contribution in [3.05, 3.63) is 35.2 Å². The molecule has 1 saturated heterocycles. The molecule has 1 aromatic heterocycles. The third-order valence-electron chi connectivity index (χ3n) is 4.97. The minimum atomic E-state index is -1.07. The Morgan fingerprint density at radius 3 is 2.33 bits per heavy atom. The van der Waals surface area contributed by atoms with E-state index in [-0.39, 0.29) is 6.54 Å².